The standard InChI is InChI=1S/C41H35N3S/c1-27-13-6-7-20-34(27)40(42)44-41(43-28(2)35-22-12-23-37-36-21-8-9-24-38(36)45-39(35)37)33-19-11-18-32(26-33)31-17-10-16-30(25-31)29-14-4-3-5-15-29/h3-26,28,40H,42H2,1-2H3,(H,43,44). The van der Waals surface area contributed by atoms with Crippen molar-refractivity contribution in [3.8, 4) is 22.3 Å². The lowest BCUT2D eigenvalue weighted by atomic mass is 9.97. The summed E-state index contributed by atoms with van der Waals surface area (Å²) in [4.78, 5) is 5.15. The van der Waals surface area contributed by atoms with Gasteiger partial charge in [-0.05, 0) is 71.0 Å². The van der Waals surface area contributed by atoms with Crippen LogP contribution in [0.3, 0.4) is 0 Å². The van der Waals surface area contributed by atoms with Crippen LogP contribution in [-0.4, -0.2) is 5.84 Å². The van der Waals surface area contributed by atoms with E-state index in [1.54, 1.807) is 0 Å². The summed E-state index contributed by atoms with van der Waals surface area (Å²) in [6.45, 7) is 4.30. The third-order valence-electron chi connectivity index (χ3n) is 8.47. The summed E-state index contributed by atoms with van der Waals surface area (Å²) in [6.07, 6.45) is -0.508. The van der Waals surface area contributed by atoms with Crippen LogP contribution in [0, 0.1) is 6.92 Å². The number of aliphatic imine (C=N–C) groups is 1. The van der Waals surface area contributed by atoms with E-state index in [-0.39, 0.29) is 6.04 Å². The molecule has 0 saturated carbocycles. The molecule has 0 aliphatic rings. The Morgan fingerprint density at radius 3 is 2.04 bits per heavy atom. The Morgan fingerprint density at radius 2 is 1.22 bits per heavy atom. The molecule has 0 amide bonds. The molecular weight excluding hydrogens is 567 g/mol. The predicted molar refractivity (Wildman–Crippen MR) is 193 cm³/mol. The number of rotatable bonds is 7. The summed E-state index contributed by atoms with van der Waals surface area (Å²) in [7, 11) is 0. The summed E-state index contributed by atoms with van der Waals surface area (Å²) in [5, 5.41) is 6.39. The molecule has 2 unspecified atom stereocenters. The van der Waals surface area contributed by atoms with Crippen LogP contribution in [0.4, 0.5) is 0 Å². The first-order chi connectivity index (χ1) is 22.0. The van der Waals surface area contributed by atoms with Gasteiger partial charge in [-0.1, -0.05) is 127 Å². The molecule has 3 N–H and O–H groups in total. The van der Waals surface area contributed by atoms with Gasteiger partial charge in [-0.25, -0.2) is 4.99 Å². The van der Waals surface area contributed by atoms with E-state index in [4.69, 9.17) is 10.7 Å². The number of hydrogen-bond donors (Lipinski definition) is 2. The molecule has 3 nitrogen and oxygen atoms in total. The van der Waals surface area contributed by atoms with Crippen molar-refractivity contribution < 1.29 is 0 Å². The molecule has 220 valence electrons. The fraction of sp³-hybridized carbons (Fsp3) is 0.0976. The summed E-state index contributed by atoms with van der Waals surface area (Å²) in [5.74, 6) is 0.775. The van der Waals surface area contributed by atoms with E-state index in [2.05, 4.69) is 153 Å². The minimum absolute atomic E-state index is 0.00496. The monoisotopic (exact) mass is 601 g/mol. The summed E-state index contributed by atoms with van der Waals surface area (Å²) in [6, 6.07) is 51.3. The van der Waals surface area contributed by atoms with Crippen molar-refractivity contribution in [2.24, 2.45) is 10.7 Å². The van der Waals surface area contributed by atoms with Crippen molar-refractivity contribution in [3.63, 3.8) is 0 Å². The van der Waals surface area contributed by atoms with E-state index in [1.807, 2.05) is 23.5 Å². The summed E-state index contributed by atoms with van der Waals surface area (Å²) >= 11 is 1.85. The smallest absolute Gasteiger partial charge is 0.130 e. The molecule has 0 bridgehead atoms. The molecule has 6 aromatic carbocycles. The Hall–Kier alpha value is -5.03. The third-order valence-corrected chi connectivity index (χ3v) is 9.70. The second-order valence-electron chi connectivity index (χ2n) is 11.5. The molecule has 7 aromatic rings. The van der Waals surface area contributed by atoms with Crippen molar-refractivity contribution in [1.82, 2.24) is 5.32 Å². The van der Waals surface area contributed by atoms with Gasteiger partial charge in [0.2, 0.25) is 0 Å². The number of nitrogens with one attached hydrogen (secondary N) is 1. The molecule has 4 heteroatoms. The van der Waals surface area contributed by atoms with Gasteiger partial charge in [0.05, 0.1) is 6.04 Å². The highest BCUT2D eigenvalue weighted by Gasteiger charge is 2.18. The number of thiophene rings is 1. The van der Waals surface area contributed by atoms with Crippen molar-refractivity contribution in [2.45, 2.75) is 26.1 Å². The Bertz CT molecular complexity index is 2140. The lowest BCUT2D eigenvalue weighted by Gasteiger charge is -2.21. The van der Waals surface area contributed by atoms with Gasteiger partial charge in [0, 0.05) is 25.7 Å². The Labute approximate surface area is 268 Å². The van der Waals surface area contributed by atoms with Gasteiger partial charge in [0.25, 0.3) is 0 Å². The third kappa shape index (κ3) is 5.91. The first kappa shape index (κ1) is 28.7. The fourth-order valence-electron chi connectivity index (χ4n) is 6.07. The molecule has 0 radical (unpaired) electrons. The molecular formula is C41H35N3S. The van der Waals surface area contributed by atoms with Gasteiger partial charge >= 0.3 is 0 Å². The highest BCUT2D eigenvalue weighted by Crippen LogP contribution is 2.38. The Kier molecular flexibility index (Phi) is 8.00. The summed E-state index contributed by atoms with van der Waals surface area (Å²) in [5.41, 5.74) is 15.9. The van der Waals surface area contributed by atoms with E-state index in [0.717, 1.165) is 33.7 Å². The Balaban J connectivity index is 1.29. The topological polar surface area (TPSA) is 50.4 Å². The maximum Gasteiger partial charge on any atom is 0.130 e. The van der Waals surface area contributed by atoms with Gasteiger partial charge in [-0.15, -0.1) is 11.3 Å². The lowest BCUT2D eigenvalue weighted by Crippen LogP contribution is -2.29. The SMILES string of the molecule is Cc1ccccc1C(N)N=C(NC(C)c1cccc2c1sc1ccccc12)c1cccc(-c2cccc(-c3ccccc3)c2)c1. The van der Waals surface area contributed by atoms with Crippen LogP contribution >= 0.6 is 11.3 Å². The van der Waals surface area contributed by atoms with Crippen molar-refractivity contribution >= 4 is 37.3 Å². The molecule has 0 aliphatic heterocycles. The fourth-order valence-corrected chi connectivity index (χ4v) is 7.38. The van der Waals surface area contributed by atoms with Crippen LogP contribution in [0.5, 0.6) is 0 Å². The minimum Gasteiger partial charge on any atom is -0.363 e. The number of hydrogen-bond acceptors (Lipinski definition) is 3. The molecule has 7 rings (SSSR count). The number of amidine groups is 1. The van der Waals surface area contributed by atoms with E-state index in [1.165, 1.54) is 36.9 Å². The minimum atomic E-state index is -0.508. The van der Waals surface area contributed by atoms with Crippen LogP contribution < -0.4 is 11.1 Å². The van der Waals surface area contributed by atoms with E-state index in [9.17, 15) is 0 Å². The van der Waals surface area contributed by atoms with Crippen molar-refractivity contribution in [3.05, 3.63) is 168 Å². The highest BCUT2D eigenvalue weighted by molar-refractivity contribution is 7.26. The molecule has 0 spiro atoms. The van der Waals surface area contributed by atoms with Gasteiger partial charge in [0.15, 0.2) is 0 Å². The largest absolute Gasteiger partial charge is 0.363 e. The molecule has 1 aromatic heterocycles. The average Bonchev–Trinajstić information content (AvgIpc) is 3.47. The lowest BCUT2D eigenvalue weighted by molar-refractivity contribution is 0.700. The van der Waals surface area contributed by atoms with Crippen LogP contribution in [0.1, 0.15) is 41.4 Å². The number of nitrogens with zero attached hydrogens (tertiary/aromatic N) is 1. The first-order valence-corrected chi connectivity index (χ1v) is 16.2. The molecule has 2 atom stereocenters. The maximum atomic E-state index is 6.80. The van der Waals surface area contributed by atoms with E-state index in [0.29, 0.717) is 0 Å². The second-order valence-corrected chi connectivity index (χ2v) is 12.5. The zero-order chi connectivity index (χ0) is 30.8. The van der Waals surface area contributed by atoms with Crippen molar-refractivity contribution in [2.75, 3.05) is 0 Å². The quantitative estimate of drug-likeness (QED) is 0.141. The van der Waals surface area contributed by atoms with Crippen LogP contribution in [0.2, 0.25) is 0 Å². The predicted octanol–water partition coefficient (Wildman–Crippen LogP) is 10.5. The molecule has 45 heavy (non-hydrogen) atoms. The molecule has 0 fully saturated rings. The average molecular weight is 602 g/mol. The summed E-state index contributed by atoms with van der Waals surface area (Å²) < 4.78 is 2.60. The molecule has 0 aliphatic carbocycles. The second kappa shape index (κ2) is 12.5. The zero-order valence-electron chi connectivity index (χ0n) is 25.4. The van der Waals surface area contributed by atoms with Gasteiger partial charge in [-0.2, -0.15) is 0 Å². The van der Waals surface area contributed by atoms with E-state index < -0.39 is 6.17 Å². The highest BCUT2D eigenvalue weighted by atomic mass is 32.1. The number of benzene rings is 6. The number of aryl methyl sites for hydroxylation is 1. The normalized spacial score (nSPS) is 13.2. The number of fused-ring (bicyclic) bond motifs is 3. The van der Waals surface area contributed by atoms with E-state index >= 15 is 0 Å². The number of nitrogens with two attached hydrogens (primary N) is 1. The Morgan fingerprint density at radius 1 is 0.622 bits per heavy atom. The van der Waals surface area contributed by atoms with Crippen LogP contribution in [0.25, 0.3) is 42.4 Å². The molecule has 1 heterocycles. The van der Waals surface area contributed by atoms with Gasteiger partial charge in [-0.3, -0.25) is 0 Å². The maximum absolute atomic E-state index is 6.80. The van der Waals surface area contributed by atoms with Crippen LogP contribution in [0.15, 0.2) is 151 Å². The molecule has 0 saturated heterocycles. The first-order valence-electron chi connectivity index (χ1n) is 15.4. The van der Waals surface area contributed by atoms with Gasteiger partial charge in [0.1, 0.15) is 12.0 Å². The zero-order valence-corrected chi connectivity index (χ0v) is 26.3. The van der Waals surface area contributed by atoms with Crippen molar-refractivity contribution in [1.29, 1.82) is 0 Å². The van der Waals surface area contributed by atoms with Crippen LogP contribution in [-0.2, 0) is 0 Å². The van der Waals surface area contributed by atoms with Gasteiger partial charge < -0.3 is 11.1 Å².